The maximum absolute atomic E-state index is 13.6. The number of halogens is 1. The summed E-state index contributed by atoms with van der Waals surface area (Å²) in [5, 5.41) is 10.8. The van der Waals surface area contributed by atoms with Crippen molar-refractivity contribution in [2.75, 3.05) is 0 Å². The van der Waals surface area contributed by atoms with Crippen LogP contribution in [0.2, 0.25) is 0 Å². The van der Waals surface area contributed by atoms with E-state index in [4.69, 9.17) is 4.74 Å². The van der Waals surface area contributed by atoms with Crippen LogP contribution >= 0.6 is 0 Å². The molecule has 0 saturated heterocycles. The standard InChI is InChI=1S/C11H8FN3O3/c1-7-10(12)11(14-6-13-7)18-9-5-3-2-4-8(9)15(16)17/h2-6H,1H3. The number of nitro groups is 1. The van der Waals surface area contributed by atoms with Crippen LogP contribution in [0.4, 0.5) is 10.1 Å². The van der Waals surface area contributed by atoms with E-state index in [9.17, 15) is 14.5 Å². The van der Waals surface area contributed by atoms with Crippen LogP contribution in [-0.4, -0.2) is 14.9 Å². The molecule has 92 valence electrons. The van der Waals surface area contributed by atoms with E-state index in [1.807, 2.05) is 0 Å². The molecule has 1 heterocycles. The molecule has 0 radical (unpaired) electrons. The van der Waals surface area contributed by atoms with Gasteiger partial charge in [0.15, 0.2) is 0 Å². The van der Waals surface area contributed by atoms with Gasteiger partial charge in [0.1, 0.15) is 6.33 Å². The Kier molecular flexibility index (Phi) is 3.13. The Morgan fingerprint density at radius 3 is 2.78 bits per heavy atom. The largest absolute Gasteiger partial charge is 0.429 e. The third kappa shape index (κ3) is 2.24. The van der Waals surface area contributed by atoms with Crippen molar-refractivity contribution < 1.29 is 14.1 Å². The molecule has 0 fully saturated rings. The summed E-state index contributed by atoms with van der Waals surface area (Å²) in [6.45, 7) is 1.45. The molecular formula is C11H8FN3O3. The highest BCUT2D eigenvalue weighted by atomic mass is 19.1. The fraction of sp³-hybridized carbons (Fsp3) is 0.0909. The first-order valence-corrected chi connectivity index (χ1v) is 4.98. The highest BCUT2D eigenvalue weighted by molar-refractivity contribution is 5.47. The van der Waals surface area contributed by atoms with Crippen molar-refractivity contribution in [3.63, 3.8) is 0 Å². The minimum absolute atomic E-state index is 0.0699. The van der Waals surface area contributed by atoms with E-state index in [0.717, 1.165) is 6.33 Å². The minimum Gasteiger partial charge on any atom is -0.429 e. The fourth-order valence-electron chi connectivity index (χ4n) is 1.31. The Morgan fingerprint density at radius 1 is 1.33 bits per heavy atom. The van der Waals surface area contributed by atoms with Gasteiger partial charge < -0.3 is 4.74 Å². The van der Waals surface area contributed by atoms with Gasteiger partial charge in [-0.3, -0.25) is 10.1 Å². The molecule has 0 aliphatic carbocycles. The van der Waals surface area contributed by atoms with Crippen LogP contribution in [0, 0.1) is 22.9 Å². The lowest BCUT2D eigenvalue weighted by atomic mass is 10.3. The molecule has 0 spiro atoms. The number of aryl methyl sites for hydroxylation is 1. The summed E-state index contributed by atoms with van der Waals surface area (Å²) >= 11 is 0. The molecule has 2 aromatic rings. The second-order valence-electron chi connectivity index (χ2n) is 3.41. The summed E-state index contributed by atoms with van der Waals surface area (Å²) in [5.41, 5.74) is -0.147. The Hall–Kier alpha value is -2.57. The monoisotopic (exact) mass is 249 g/mol. The molecule has 0 N–H and O–H groups in total. The molecule has 6 nitrogen and oxygen atoms in total. The highest BCUT2D eigenvalue weighted by Crippen LogP contribution is 2.31. The predicted octanol–water partition coefficient (Wildman–Crippen LogP) is 2.62. The van der Waals surface area contributed by atoms with Crippen molar-refractivity contribution in [1.82, 2.24) is 9.97 Å². The van der Waals surface area contributed by atoms with Crippen LogP contribution in [0.5, 0.6) is 11.6 Å². The van der Waals surface area contributed by atoms with Crippen LogP contribution in [0.1, 0.15) is 5.69 Å². The average Bonchev–Trinajstić information content (AvgIpc) is 2.35. The Morgan fingerprint density at radius 2 is 2.06 bits per heavy atom. The quantitative estimate of drug-likeness (QED) is 0.617. The topological polar surface area (TPSA) is 78.2 Å². The first-order chi connectivity index (χ1) is 8.59. The smallest absolute Gasteiger partial charge is 0.311 e. The molecule has 0 bridgehead atoms. The second kappa shape index (κ2) is 4.74. The molecule has 1 aromatic carbocycles. The highest BCUT2D eigenvalue weighted by Gasteiger charge is 2.17. The van der Waals surface area contributed by atoms with Gasteiger partial charge in [-0.25, -0.2) is 4.98 Å². The van der Waals surface area contributed by atoms with Crippen LogP contribution in [-0.2, 0) is 0 Å². The summed E-state index contributed by atoms with van der Waals surface area (Å²) in [5.74, 6) is -1.15. The first kappa shape index (κ1) is 11.9. The maximum atomic E-state index is 13.6. The molecular weight excluding hydrogens is 241 g/mol. The zero-order valence-electron chi connectivity index (χ0n) is 9.33. The maximum Gasteiger partial charge on any atom is 0.311 e. The third-order valence-corrected chi connectivity index (χ3v) is 2.20. The van der Waals surface area contributed by atoms with Crippen LogP contribution < -0.4 is 4.74 Å². The van der Waals surface area contributed by atoms with Crippen molar-refractivity contribution >= 4 is 5.69 Å². The lowest BCUT2D eigenvalue weighted by molar-refractivity contribution is -0.385. The lowest BCUT2D eigenvalue weighted by Crippen LogP contribution is -1.99. The number of rotatable bonds is 3. The molecule has 0 atom stereocenters. The number of hydrogen-bond donors (Lipinski definition) is 0. The van der Waals surface area contributed by atoms with Gasteiger partial charge >= 0.3 is 5.69 Å². The van der Waals surface area contributed by atoms with Crippen molar-refractivity contribution in [3.05, 3.63) is 52.2 Å². The summed E-state index contributed by atoms with van der Waals surface area (Å²) in [6, 6.07) is 5.68. The average molecular weight is 249 g/mol. The molecule has 0 saturated carbocycles. The first-order valence-electron chi connectivity index (χ1n) is 4.98. The summed E-state index contributed by atoms with van der Waals surface area (Å²) < 4.78 is 18.7. The second-order valence-corrected chi connectivity index (χ2v) is 3.41. The SMILES string of the molecule is Cc1ncnc(Oc2ccccc2[N+](=O)[O-])c1F. The Balaban J connectivity index is 2.40. The molecule has 0 unspecified atom stereocenters. The van der Waals surface area contributed by atoms with E-state index < -0.39 is 10.7 Å². The molecule has 0 aliphatic rings. The van der Waals surface area contributed by atoms with Crippen molar-refractivity contribution in [1.29, 1.82) is 0 Å². The van der Waals surface area contributed by atoms with Crippen molar-refractivity contribution in [2.45, 2.75) is 6.92 Å². The van der Waals surface area contributed by atoms with Gasteiger partial charge in [0.2, 0.25) is 11.6 Å². The number of nitrogens with zero attached hydrogens (tertiary/aromatic N) is 3. The molecule has 2 rings (SSSR count). The van der Waals surface area contributed by atoms with Gasteiger partial charge in [-0.1, -0.05) is 12.1 Å². The number of hydrogen-bond acceptors (Lipinski definition) is 5. The molecule has 18 heavy (non-hydrogen) atoms. The molecule has 1 aromatic heterocycles. The lowest BCUT2D eigenvalue weighted by Gasteiger charge is -2.06. The molecule has 0 amide bonds. The Labute approximate surface area is 101 Å². The van der Waals surface area contributed by atoms with Crippen molar-refractivity contribution in [3.8, 4) is 11.6 Å². The predicted molar refractivity (Wildman–Crippen MR) is 59.9 cm³/mol. The van der Waals surface area contributed by atoms with Gasteiger partial charge in [0.05, 0.1) is 10.6 Å². The van der Waals surface area contributed by atoms with E-state index in [-0.39, 0.29) is 23.0 Å². The zero-order valence-corrected chi connectivity index (χ0v) is 9.33. The summed E-state index contributed by atoms with van der Waals surface area (Å²) in [7, 11) is 0. The van der Waals surface area contributed by atoms with Gasteiger partial charge in [-0.05, 0) is 13.0 Å². The number of aromatic nitrogens is 2. The molecule has 7 heteroatoms. The van der Waals surface area contributed by atoms with E-state index in [1.54, 1.807) is 6.07 Å². The van der Waals surface area contributed by atoms with Crippen LogP contribution in [0.15, 0.2) is 30.6 Å². The number of nitro benzene ring substituents is 1. The Bertz CT molecular complexity index is 604. The summed E-state index contributed by atoms with van der Waals surface area (Å²) in [4.78, 5) is 17.4. The normalized spacial score (nSPS) is 10.1. The van der Waals surface area contributed by atoms with E-state index in [1.165, 1.54) is 25.1 Å². The molecule has 0 aliphatic heterocycles. The number of benzene rings is 1. The minimum atomic E-state index is -0.740. The summed E-state index contributed by atoms with van der Waals surface area (Å²) in [6.07, 6.45) is 1.13. The van der Waals surface area contributed by atoms with E-state index >= 15 is 0 Å². The van der Waals surface area contributed by atoms with Gasteiger partial charge in [0, 0.05) is 6.07 Å². The van der Waals surface area contributed by atoms with Crippen LogP contribution in [0.25, 0.3) is 0 Å². The van der Waals surface area contributed by atoms with Gasteiger partial charge in [-0.2, -0.15) is 9.37 Å². The van der Waals surface area contributed by atoms with Crippen LogP contribution in [0.3, 0.4) is 0 Å². The fourth-order valence-corrected chi connectivity index (χ4v) is 1.31. The zero-order chi connectivity index (χ0) is 13.1. The van der Waals surface area contributed by atoms with Crippen molar-refractivity contribution in [2.24, 2.45) is 0 Å². The third-order valence-electron chi connectivity index (χ3n) is 2.20. The van der Waals surface area contributed by atoms with E-state index in [2.05, 4.69) is 9.97 Å². The number of para-hydroxylation sites is 2. The van der Waals surface area contributed by atoms with Gasteiger partial charge in [-0.15, -0.1) is 0 Å². The van der Waals surface area contributed by atoms with Gasteiger partial charge in [0.25, 0.3) is 5.88 Å². The van der Waals surface area contributed by atoms with E-state index in [0.29, 0.717) is 0 Å². The number of ether oxygens (including phenoxy) is 1.